The van der Waals surface area contributed by atoms with Gasteiger partial charge in [-0.1, -0.05) is 30.3 Å². The van der Waals surface area contributed by atoms with Crippen molar-refractivity contribution in [2.24, 2.45) is 0 Å². The monoisotopic (exact) mass is 263 g/mol. The topological polar surface area (TPSA) is 49.8 Å². The van der Waals surface area contributed by atoms with Gasteiger partial charge in [0, 0.05) is 26.1 Å². The van der Waals surface area contributed by atoms with E-state index in [0.717, 1.165) is 26.1 Å². The van der Waals surface area contributed by atoms with Gasteiger partial charge in [-0.05, 0) is 18.4 Å². The molecular formula is C15H21NO3. The van der Waals surface area contributed by atoms with Crippen LogP contribution in [0.4, 0.5) is 0 Å². The Morgan fingerprint density at radius 2 is 2.16 bits per heavy atom. The smallest absolute Gasteiger partial charge is 0.303 e. The third kappa shape index (κ3) is 5.01. The lowest BCUT2D eigenvalue weighted by atomic mass is 10.1. The van der Waals surface area contributed by atoms with Crippen molar-refractivity contribution < 1.29 is 14.6 Å². The molecular weight excluding hydrogens is 242 g/mol. The molecule has 0 aliphatic carbocycles. The van der Waals surface area contributed by atoms with E-state index < -0.39 is 5.97 Å². The highest BCUT2D eigenvalue weighted by molar-refractivity contribution is 5.66. The molecule has 1 unspecified atom stereocenters. The van der Waals surface area contributed by atoms with Gasteiger partial charge in [-0.3, -0.25) is 9.69 Å². The number of hydrogen-bond donors (Lipinski definition) is 1. The molecule has 1 aliphatic heterocycles. The van der Waals surface area contributed by atoms with E-state index in [9.17, 15) is 4.79 Å². The third-order valence-electron chi connectivity index (χ3n) is 3.46. The van der Waals surface area contributed by atoms with Crippen molar-refractivity contribution in [1.82, 2.24) is 4.90 Å². The average molecular weight is 263 g/mol. The molecule has 0 saturated carbocycles. The summed E-state index contributed by atoms with van der Waals surface area (Å²) in [6.07, 6.45) is 1.90. The van der Waals surface area contributed by atoms with Crippen molar-refractivity contribution in [2.45, 2.75) is 25.4 Å². The Kier molecular flexibility index (Phi) is 5.36. The first-order valence-corrected chi connectivity index (χ1v) is 6.84. The number of carbonyl (C=O) groups is 1. The predicted octanol–water partition coefficient (Wildman–Crippen LogP) is 1.79. The Morgan fingerprint density at radius 1 is 1.37 bits per heavy atom. The fourth-order valence-corrected chi connectivity index (χ4v) is 2.37. The first kappa shape index (κ1) is 14.0. The van der Waals surface area contributed by atoms with Crippen molar-refractivity contribution >= 4 is 5.97 Å². The minimum atomic E-state index is -0.745. The SMILES string of the molecule is O=C(O)CCC1CN(CCc2ccccc2)CCO1. The second-order valence-electron chi connectivity index (χ2n) is 4.96. The number of rotatable bonds is 6. The first-order chi connectivity index (χ1) is 9.24. The fraction of sp³-hybridized carbons (Fsp3) is 0.533. The predicted molar refractivity (Wildman–Crippen MR) is 73.2 cm³/mol. The molecule has 2 rings (SSSR count). The summed E-state index contributed by atoms with van der Waals surface area (Å²) in [4.78, 5) is 12.9. The van der Waals surface area contributed by atoms with E-state index in [4.69, 9.17) is 9.84 Å². The number of carboxylic acid groups (broad SMARTS) is 1. The van der Waals surface area contributed by atoms with Gasteiger partial charge in [0.15, 0.2) is 0 Å². The summed E-state index contributed by atoms with van der Waals surface area (Å²) in [6.45, 7) is 3.51. The maximum Gasteiger partial charge on any atom is 0.303 e. The fourth-order valence-electron chi connectivity index (χ4n) is 2.37. The van der Waals surface area contributed by atoms with Gasteiger partial charge in [-0.15, -0.1) is 0 Å². The number of nitrogens with zero attached hydrogens (tertiary/aromatic N) is 1. The van der Waals surface area contributed by atoms with Crippen LogP contribution in [-0.2, 0) is 16.0 Å². The minimum absolute atomic E-state index is 0.0700. The molecule has 1 aromatic carbocycles. The summed E-state index contributed by atoms with van der Waals surface area (Å²) in [6, 6.07) is 10.4. The molecule has 0 amide bonds. The zero-order valence-electron chi connectivity index (χ0n) is 11.1. The lowest BCUT2D eigenvalue weighted by Crippen LogP contribution is -2.43. The van der Waals surface area contributed by atoms with Crippen LogP contribution in [0.5, 0.6) is 0 Å². The molecule has 104 valence electrons. The highest BCUT2D eigenvalue weighted by Crippen LogP contribution is 2.11. The second kappa shape index (κ2) is 7.26. The summed E-state index contributed by atoms with van der Waals surface area (Å²) in [5.74, 6) is -0.745. The van der Waals surface area contributed by atoms with Crippen LogP contribution in [0, 0.1) is 0 Å². The largest absolute Gasteiger partial charge is 0.481 e. The normalized spacial score (nSPS) is 20.3. The minimum Gasteiger partial charge on any atom is -0.481 e. The Morgan fingerprint density at radius 3 is 2.89 bits per heavy atom. The molecule has 4 nitrogen and oxygen atoms in total. The lowest BCUT2D eigenvalue weighted by molar-refractivity contribution is -0.138. The molecule has 1 fully saturated rings. The van der Waals surface area contributed by atoms with Gasteiger partial charge >= 0.3 is 5.97 Å². The van der Waals surface area contributed by atoms with Gasteiger partial charge in [0.2, 0.25) is 0 Å². The van der Waals surface area contributed by atoms with Crippen LogP contribution in [0.15, 0.2) is 30.3 Å². The molecule has 1 saturated heterocycles. The lowest BCUT2D eigenvalue weighted by Gasteiger charge is -2.32. The standard InChI is InChI=1S/C15H21NO3/c17-15(18)7-6-14-12-16(10-11-19-14)9-8-13-4-2-1-3-5-13/h1-5,14H,6-12H2,(H,17,18). The summed E-state index contributed by atoms with van der Waals surface area (Å²) in [5.41, 5.74) is 1.34. The van der Waals surface area contributed by atoms with Crippen molar-refractivity contribution in [3.63, 3.8) is 0 Å². The van der Waals surface area contributed by atoms with E-state index in [2.05, 4.69) is 29.2 Å². The maximum atomic E-state index is 10.6. The maximum absolute atomic E-state index is 10.6. The molecule has 1 aliphatic rings. The summed E-state index contributed by atoms with van der Waals surface area (Å²) in [7, 11) is 0. The Labute approximate surface area is 114 Å². The van der Waals surface area contributed by atoms with Gasteiger partial charge in [0.25, 0.3) is 0 Å². The highest BCUT2D eigenvalue weighted by atomic mass is 16.5. The molecule has 4 heteroatoms. The Balaban J connectivity index is 1.73. The van der Waals surface area contributed by atoms with E-state index in [0.29, 0.717) is 13.0 Å². The van der Waals surface area contributed by atoms with Crippen molar-refractivity contribution in [3.8, 4) is 0 Å². The second-order valence-corrected chi connectivity index (χ2v) is 4.96. The Hall–Kier alpha value is -1.39. The van der Waals surface area contributed by atoms with Gasteiger partial charge in [0.05, 0.1) is 12.7 Å². The molecule has 1 aromatic rings. The molecule has 0 aromatic heterocycles. The third-order valence-corrected chi connectivity index (χ3v) is 3.46. The quantitative estimate of drug-likeness (QED) is 0.850. The van der Waals surface area contributed by atoms with Gasteiger partial charge < -0.3 is 9.84 Å². The molecule has 0 bridgehead atoms. The summed E-state index contributed by atoms with van der Waals surface area (Å²) in [5, 5.41) is 8.69. The van der Waals surface area contributed by atoms with Crippen molar-refractivity contribution in [1.29, 1.82) is 0 Å². The van der Waals surface area contributed by atoms with Crippen molar-refractivity contribution in [3.05, 3.63) is 35.9 Å². The number of benzene rings is 1. The Bertz CT molecular complexity index is 394. The average Bonchev–Trinajstić information content (AvgIpc) is 2.44. The van der Waals surface area contributed by atoms with Crippen LogP contribution in [0.2, 0.25) is 0 Å². The van der Waals surface area contributed by atoms with Crippen molar-refractivity contribution in [2.75, 3.05) is 26.2 Å². The van der Waals surface area contributed by atoms with E-state index >= 15 is 0 Å². The van der Waals surface area contributed by atoms with Gasteiger partial charge in [-0.25, -0.2) is 0 Å². The van der Waals surface area contributed by atoms with E-state index in [1.807, 2.05) is 6.07 Å². The first-order valence-electron chi connectivity index (χ1n) is 6.84. The number of aliphatic carboxylic acids is 1. The van der Waals surface area contributed by atoms with Crippen LogP contribution in [-0.4, -0.2) is 48.3 Å². The molecule has 19 heavy (non-hydrogen) atoms. The summed E-state index contributed by atoms with van der Waals surface area (Å²) >= 11 is 0. The number of ether oxygens (including phenoxy) is 1. The van der Waals surface area contributed by atoms with Crippen LogP contribution in [0.3, 0.4) is 0 Å². The number of morpholine rings is 1. The zero-order valence-corrected chi connectivity index (χ0v) is 11.1. The zero-order chi connectivity index (χ0) is 13.5. The molecule has 0 radical (unpaired) electrons. The van der Waals surface area contributed by atoms with E-state index in [-0.39, 0.29) is 12.5 Å². The molecule has 1 heterocycles. The van der Waals surface area contributed by atoms with Gasteiger partial charge in [0.1, 0.15) is 0 Å². The summed E-state index contributed by atoms with van der Waals surface area (Å²) < 4.78 is 5.61. The van der Waals surface area contributed by atoms with Crippen LogP contribution in [0.1, 0.15) is 18.4 Å². The molecule has 0 spiro atoms. The number of hydrogen-bond acceptors (Lipinski definition) is 3. The van der Waals surface area contributed by atoms with E-state index in [1.54, 1.807) is 0 Å². The van der Waals surface area contributed by atoms with Crippen LogP contribution >= 0.6 is 0 Å². The van der Waals surface area contributed by atoms with Crippen LogP contribution < -0.4 is 0 Å². The van der Waals surface area contributed by atoms with Crippen LogP contribution in [0.25, 0.3) is 0 Å². The molecule has 1 atom stereocenters. The van der Waals surface area contributed by atoms with Gasteiger partial charge in [-0.2, -0.15) is 0 Å². The molecule has 1 N–H and O–H groups in total. The van der Waals surface area contributed by atoms with E-state index in [1.165, 1.54) is 5.56 Å². The highest BCUT2D eigenvalue weighted by Gasteiger charge is 2.20. The number of carboxylic acids is 1.